The van der Waals surface area contributed by atoms with Gasteiger partial charge in [0, 0.05) is 6.42 Å². The minimum atomic E-state index is -0.659. The number of carboxylic acids is 2. The third-order valence-electron chi connectivity index (χ3n) is 6.16. The second-order valence-electron chi connectivity index (χ2n) is 9.41. The highest BCUT2D eigenvalue weighted by Gasteiger charge is 2.15. The van der Waals surface area contributed by atoms with Crippen molar-refractivity contribution in [2.24, 2.45) is 5.92 Å². The van der Waals surface area contributed by atoms with Crippen LogP contribution in [-0.2, 0) is 9.59 Å². The van der Waals surface area contributed by atoms with Gasteiger partial charge in [-0.2, -0.15) is 0 Å². The van der Waals surface area contributed by atoms with Crippen LogP contribution in [0.2, 0.25) is 0 Å². The summed E-state index contributed by atoms with van der Waals surface area (Å²) in [6.45, 7) is 6.63. The number of carbonyl (C=O) groups is 2. The zero-order valence-corrected chi connectivity index (χ0v) is 21.8. The van der Waals surface area contributed by atoms with Gasteiger partial charge in [0.15, 0.2) is 0 Å². The predicted molar refractivity (Wildman–Crippen MR) is 137 cm³/mol. The quantitative estimate of drug-likeness (QED) is 0.150. The van der Waals surface area contributed by atoms with Crippen LogP contribution < -0.4 is 0 Å². The first-order chi connectivity index (χ1) is 15.5. The molecular formula is C28H56O4. The topological polar surface area (TPSA) is 74.6 Å². The van der Waals surface area contributed by atoms with E-state index >= 15 is 0 Å². The summed E-state index contributed by atoms with van der Waals surface area (Å²) >= 11 is 0. The summed E-state index contributed by atoms with van der Waals surface area (Å²) in [5.41, 5.74) is 0. The first kappa shape index (κ1) is 33.1. The van der Waals surface area contributed by atoms with E-state index in [0.717, 1.165) is 38.5 Å². The van der Waals surface area contributed by atoms with Crippen LogP contribution in [0.5, 0.6) is 0 Å². The minimum absolute atomic E-state index is 0.0898. The Labute approximate surface area is 200 Å². The lowest BCUT2D eigenvalue weighted by Gasteiger charge is -2.11. The van der Waals surface area contributed by atoms with E-state index in [9.17, 15) is 14.7 Å². The van der Waals surface area contributed by atoms with Gasteiger partial charge < -0.3 is 10.2 Å². The molecule has 0 aromatic heterocycles. The summed E-state index contributed by atoms with van der Waals surface area (Å²) in [4.78, 5) is 21.3. The van der Waals surface area contributed by atoms with E-state index in [1.807, 2.05) is 0 Å². The van der Waals surface area contributed by atoms with Crippen molar-refractivity contribution in [1.82, 2.24) is 0 Å². The third kappa shape index (κ3) is 28.9. The van der Waals surface area contributed by atoms with Crippen LogP contribution in [0.4, 0.5) is 0 Å². The van der Waals surface area contributed by atoms with Crippen LogP contribution >= 0.6 is 0 Å². The lowest BCUT2D eigenvalue weighted by molar-refractivity contribution is -0.142. The standard InChI is InChI=1S/C16H32O2.C12H24O2/c1-3-5-7-9-10-12-14-15(16(17)18)13-11-8-6-4-2;1-2-3-4-5-6-7-8-9-10-11-12(13)14/h15H,3-14H2,1-2H3,(H,17,18);2-11H2,1H3,(H,13,14). The van der Waals surface area contributed by atoms with E-state index in [0.29, 0.717) is 6.42 Å². The third-order valence-corrected chi connectivity index (χ3v) is 6.16. The van der Waals surface area contributed by atoms with Gasteiger partial charge in [-0.15, -0.1) is 0 Å². The highest BCUT2D eigenvalue weighted by atomic mass is 16.4. The van der Waals surface area contributed by atoms with Gasteiger partial charge in [0.2, 0.25) is 0 Å². The maximum Gasteiger partial charge on any atom is 0.306 e. The number of rotatable bonds is 23. The molecule has 2 N–H and O–H groups in total. The molecule has 0 amide bonds. The number of carboxylic acid groups (broad SMARTS) is 2. The largest absolute Gasteiger partial charge is 0.481 e. The fourth-order valence-electron chi connectivity index (χ4n) is 3.97. The molecule has 0 spiro atoms. The maximum absolute atomic E-state index is 11.1. The number of hydrogen-bond acceptors (Lipinski definition) is 2. The summed E-state index contributed by atoms with van der Waals surface area (Å²) < 4.78 is 0. The van der Waals surface area contributed by atoms with Crippen LogP contribution in [0.1, 0.15) is 162 Å². The maximum atomic E-state index is 11.1. The molecule has 0 aliphatic heterocycles. The highest BCUT2D eigenvalue weighted by molar-refractivity contribution is 5.69. The monoisotopic (exact) mass is 456 g/mol. The van der Waals surface area contributed by atoms with Crippen molar-refractivity contribution in [3.05, 3.63) is 0 Å². The zero-order chi connectivity index (χ0) is 24.3. The van der Waals surface area contributed by atoms with Crippen molar-refractivity contribution in [2.75, 3.05) is 0 Å². The van der Waals surface area contributed by atoms with Gasteiger partial charge >= 0.3 is 11.9 Å². The molecule has 4 heteroatoms. The molecule has 0 fully saturated rings. The Kier molecular flexibility index (Phi) is 28.9. The van der Waals surface area contributed by atoms with Crippen LogP contribution in [0.25, 0.3) is 0 Å². The van der Waals surface area contributed by atoms with Crippen LogP contribution in [0.3, 0.4) is 0 Å². The van der Waals surface area contributed by atoms with E-state index in [-0.39, 0.29) is 5.92 Å². The van der Waals surface area contributed by atoms with Crippen LogP contribution in [-0.4, -0.2) is 22.2 Å². The molecule has 0 rings (SSSR count). The molecule has 0 radical (unpaired) electrons. The lowest BCUT2D eigenvalue weighted by Crippen LogP contribution is -2.13. The van der Waals surface area contributed by atoms with Gasteiger partial charge in [0.05, 0.1) is 5.92 Å². The van der Waals surface area contributed by atoms with Gasteiger partial charge in [-0.3, -0.25) is 9.59 Å². The summed E-state index contributed by atoms with van der Waals surface area (Å²) in [6.07, 6.45) is 25.4. The molecule has 0 aromatic carbocycles. The first-order valence-corrected chi connectivity index (χ1v) is 13.9. The normalized spacial score (nSPS) is 11.6. The zero-order valence-electron chi connectivity index (χ0n) is 21.8. The highest BCUT2D eigenvalue weighted by Crippen LogP contribution is 2.19. The Morgan fingerprint density at radius 2 is 0.812 bits per heavy atom. The molecule has 192 valence electrons. The van der Waals surface area contributed by atoms with Crippen molar-refractivity contribution in [1.29, 1.82) is 0 Å². The fourth-order valence-corrected chi connectivity index (χ4v) is 3.97. The number of hydrogen-bond donors (Lipinski definition) is 2. The van der Waals surface area contributed by atoms with Gasteiger partial charge in [0.25, 0.3) is 0 Å². The van der Waals surface area contributed by atoms with Crippen LogP contribution in [0.15, 0.2) is 0 Å². The van der Waals surface area contributed by atoms with Gasteiger partial charge in [-0.05, 0) is 19.3 Å². The Hall–Kier alpha value is -1.06. The average molecular weight is 457 g/mol. The van der Waals surface area contributed by atoms with Crippen molar-refractivity contribution in [3.8, 4) is 0 Å². The van der Waals surface area contributed by atoms with Gasteiger partial charge in [-0.1, -0.05) is 136 Å². The molecule has 32 heavy (non-hydrogen) atoms. The van der Waals surface area contributed by atoms with Crippen molar-refractivity contribution < 1.29 is 19.8 Å². The Balaban J connectivity index is 0. The predicted octanol–water partition coefficient (Wildman–Crippen LogP) is 9.40. The van der Waals surface area contributed by atoms with Crippen molar-refractivity contribution in [2.45, 2.75) is 162 Å². The number of unbranched alkanes of at least 4 members (excludes halogenated alkanes) is 16. The molecule has 0 saturated carbocycles. The molecule has 0 aromatic rings. The number of aliphatic carboxylic acids is 2. The van der Waals surface area contributed by atoms with Crippen molar-refractivity contribution >= 4 is 11.9 Å². The molecule has 0 aliphatic rings. The van der Waals surface area contributed by atoms with Crippen molar-refractivity contribution in [3.63, 3.8) is 0 Å². The summed E-state index contributed by atoms with van der Waals surface area (Å²) in [5, 5.41) is 17.6. The second kappa shape index (κ2) is 28.0. The van der Waals surface area contributed by atoms with Gasteiger partial charge in [-0.25, -0.2) is 0 Å². The molecule has 1 unspecified atom stereocenters. The average Bonchev–Trinajstić information content (AvgIpc) is 2.76. The van der Waals surface area contributed by atoms with E-state index in [2.05, 4.69) is 20.8 Å². The second-order valence-corrected chi connectivity index (χ2v) is 9.41. The Bertz CT molecular complexity index is 395. The SMILES string of the molecule is CCCCCCCCC(CCCCCC)C(=O)O.CCCCCCCCCCCC(=O)O. The van der Waals surface area contributed by atoms with E-state index in [1.165, 1.54) is 96.3 Å². The molecule has 1 atom stereocenters. The van der Waals surface area contributed by atoms with E-state index in [4.69, 9.17) is 5.11 Å². The van der Waals surface area contributed by atoms with E-state index < -0.39 is 11.9 Å². The van der Waals surface area contributed by atoms with Gasteiger partial charge in [0.1, 0.15) is 0 Å². The molecule has 0 saturated heterocycles. The smallest absolute Gasteiger partial charge is 0.306 e. The van der Waals surface area contributed by atoms with E-state index in [1.54, 1.807) is 0 Å². The minimum Gasteiger partial charge on any atom is -0.481 e. The molecule has 4 nitrogen and oxygen atoms in total. The summed E-state index contributed by atoms with van der Waals surface area (Å²) in [7, 11) is 0. The summed E-state index contributed by atoms with van der Waals surface area (Å²) in [6, 6.07) is 0. The Morgan fingerprint density at radius 3 is 1.16 bits per heavy atom. The molecule has 0 heterocycles. The lowest BCUT2D eigenvalue weighted by atomic mass is 9.94. The fraction of sp³-hybridized carbons (Fsp3) is 0.929. The molecular weight excluding hydrogens is 400 g/mol. The molecule has 0 aliphatic carbocycles. The first-order valence-electron chi connectivity index (χ1n) is 13.9. The molecule has 0 bridgehead atoms. The summed E-state index contributed by atoms with van der Waals surface area (Å²) in [5.74, 6) is -1.33. The Morgan fingerprint density at radius 1 is 0.500 bits per heavy atom. The van der Waals surface area contributed by atoms with Crippen LogP contribution in [0, 0.1) is 5.92 Å².